The van der Waals surface area contributed by atoms with E-state index in [4.69, 9.17) is 10.6 Å². The summed E-state index contributed by atoms with van der Waals surface area (Å²) in [4.78, 5) is 23.0. The third-order valence-corrected chi connectivity index (χ3v) is 3.03. The highest BCUT2D eigenvalue weighted by Gasteiger charge is 2.30. The van der Waals surface area contributed by atoms with Gasteiger partial charge in [-0.15, -0.1) is 0 Å². The van der Waals surface area contributed by atoms with Crippen LogP contribution in [0, 0.1) is 0 Å². The second-order valence-electron chi connectivity index (χ2n) is 4.65. The molecular weight excluding hydrogens is 234 g/mol. The number of anilines is 1. The topological polar surface area (TPSA) is 93.5 Å². The van der Waals surface area contributed by atoms with Gasteiger partial charge >= 0.3 is 0 Å². The van der Waals surface area contributed by atoms with Crippen LogP contribution in [0.5, 0.6) is 5.75 Å². The van der Waals surface area contributed by atoms with Gasteiger partial charge in [0.1, 0.15) is 5.75 Å². The molecule has 2 amide bonds. The van der Waals surface area contributed by atoms with E-state index in [-0.39, 0.29) is 18.4 Å². The van der Waals surface area contributed by atoms with E-state index in [1.807, 2.05) is 0 Å². The van der Waals surface area contributed by atoms with Crippen LogP contribution in [-0.2, 0) is 15.0 Å². The Morgan fingerprint density at radius 2 is 2.22 bits per heavy atom. The fraction of sp³-hybridized carbons (Fsp3) is 0.333. The van der Waals surface area contributed by atoms with Gasteiger partial charge in [-0.1, -0.05) is 6.07 Å². The fourth-order valence-electron chi connectivity index (χ4n) is 1.78. The maximum atomic E-state index is 11.7. The van der Waals surface area contributed by atoms with Crippen molar-refractivity contribution in [3.63, 3.8) is 0 Å². The lowest BCUT2D eigenvalue weighted by Crippen LogP contribution is -2.43. The van der Waals surface area contributed by atoms with Gasteiger partial charge in [-0.3, -0.25) is 15.0 Å². The number of rotatable bonds is 2. The van der Waals surface area contributed by atoms with Crippen molar-refractivity contribution in [2.75, 3.05) is 11.9 Å². The summed E-state index contributed by atoms with van der Waals surface area (Å²) in [5.74, 6) is 5.25. The number of carbonyl (C=O) groups excluding carboxylic acids is 2. The zero-order valence-corrected chi connectivity index (χ0v) is 10.2. The number of hydrazine groups is 1. The first-order valence-corrected chi connectivity index (χ1v) is 5.53. The molecule has 0 aliphatic carbocycles. The number of amides is 2. The summed E-state index contributed by atoms with van der Waals surface area (Å²) in [5.41, 5.74) is 2.67. The van der Waals surface area contributed by atoms with Crippen molar-refractivity contribution < 1.29 is 14.3 Å². The number of hydrogen-bond donors (Lipinski definition) is 3. The molecule has 1 aromatic rings. The monoisotopic (exact) mass is 249 g/mol. The predicted octanol–water partition coefficient (Wildman–Crippen LogP) is 0.285. The summed E-state index contributed by atoms with van der Waals surface area (Å²) < 4.78 is 5.25. The molecule has 96 valence electrons. The van der Waals surface area contributed by atoms with Gasteiger partial charge in [0, 0.05) is 0 Å². The van der Waals surface area contributed by atoms with E-state index in [1.165, 1.54) is 0 Å². The summed E-state index contributed by atoms with van der Waals surface area (Å²) in [6.07, 6.45) is 0. The molecule has 6 nitrogen and oxygen atoms in total. The van der Waals surface area contributed by atoms with Crippen LogP contribution in [0.4, 0.5) is 5.69 Å². The van der Waals surface area contributed by atoms with Crippen molar-refractivity contribution in [3.05, 3.63) is 23.8 Å². The van der Waals surface area contributed by atoms with E-state index in [9.17, 15) is 9.59 Å². The molecule has 0 aromatic heterocycles. The minimum Gasteiger partial charge on any atom is -0.482 e. The molecule has 1 aromatic carbocycles. The van der Waals surface area contributed by atoms with Crippen molar-refractivity contribution in [1.29, 1.82) is 0 Å². The van der Waals surface area contributed by atoms with E-state index < -0.39 is 5.41 Å². The molecule has 1 aliphatic heterocycles. The van der Waals surface area contributed by atoms with Crippen LogP contribution >= 0.6 is 0 Å². The Hall–Kier alpha value is -2.08. The summed E-state index contributed by atoms with van der Waals surface area (Å²) in [6.45, 7) is 3.52. The molecule has 6 heteroatoms. The molecule has 0 unspecified atom stereocenters. The third-order valence-electron chi connectivity index (χ3n) is 3.03. The fourth-order valence-corrected chi connectivity index (χ4v) is 1.78. The number of hydrogen-bond acceptors (Lipinski definition) is 4. The second-order valence-corrected chi connectivity index (χ2v) is 4.65. The summed E-state index contributed by atoms with van der Waals surface area (Å²) in [6, 6.07) is 5.24. The molecular formula is C12H15N3O3. The maximum Gasteiger partial charge on any atom is 0.262 e. The molecule has 0 spiro atoms. The van der Waals surface area contributed by atoms with Gasteiger partial charge in [-0.2, -0.15) is 0 Å². The molecule has 0 atom stereocenters. The van der Waals surface area contributed by atoms with Crippen molar-refractivity contribution in [2.24, 2.45) is 5.84 Å². The highest BCUT2D eigenvalue weighted by atomic mass is 16.5. The van der Waals surface area contributed by atoms with Crippen LogP contribution < -0.4 is 21.3 Å². The van der Waals surface area contributed by atoms with Crippen molar-refractivity contribution in [3.8, 4) is 5.75 Å². The van der Waals surface area contributed by atoms with E-state index in [0.29, 0.717) is 11.4 Å². The smallest absolute Gasteiger partial charge is 0.262 e. The zero-order valence-electron chi connectivity index (χ0n) is 10.2. The largest absolute Gasteiger partial charge is 0.482 e. The van der Waals surface area contributed by atoms with Crippen LogP contribution in [-0.4, -0.2) is 18.4 Å². The molecule has 0 saturated carbocycles. The highest BCUT2D eigenvalue weighted by molar-refractivity contribution is 5.96. The Morgan fingerprint density at radius 1 is 1.50 bits per heavy atom. The van der Waals surface area contributed by atoms with Gasteiger partial charge < -0.3 is 10.1 Å². The minimum atomic E-state index is -0.786. The van der Waals surface area contributed by atoms with Crippen LogP contribution in [0.15, 0.2) is 18.2 Å². The number of carbonyl (C=O) groups is 2. The Morgan fingerprint density at radius 3 is 2.89 bits per heavy atom. The molecule has 0 saturated heterocycles. The molecule has 0 bridgehead atoms. The first-order valence-electron chi connectivity index (χ1n) is 5.53. The molecule has 2 rings (SSSR count). The van der Waals surface area contributed by atoms with Crippen LogP contribution in [0.2, 0.25) is 0 Å². The standard InChI is InChI=1S/C12H15N3O3/c1-12(2,11(17)15-13)7-3-4-9-8(5-7)14-10(16)6-18-9/h3-5H,6,13H2,1-2H3,(H,14,16)(H,15,17). The van der Waals surface area contributed by atoms with Crippen LogP contribution in [0.25, 0.3) is 0 Å². The Labute approximate surface area is 104 Å². The number of nitrogens with one attached hydrogen (secondary N) is 2. The van der Waals surface area contributed by atoms with E-state index in [1.54, 1.807) is 32.0 Å². The summed E-state index contributed by atoms with van der Waals surface area (Å²) >= 11 is 0. The summed E-state index contributed by atoms with van der Waals surface area (Å²) in [7, 11) is 0. The van der Waals surface area contributed by atoms with Crippen molar-refractivity contribution in [2.45, 2.75) is 19.3 Å². The van der Waals surface area contributed by atoms with Gasteiger partial charge in [0.25, 0.3) is 5.91 Å². The first-order chi connectivity index (χ1) is 8.45. The Kier molecular flexibility index (Phi) is 2.96. The SMILES string of the molecule is CC(C)(C(=O)NN)c1ccc2c(c1)NC(=O)CO2. The van der Waals surface area contributed by atoms with Gasteiger partial charge in [0.15, 0.2) is 6.61 Å². The number of ether oxygens (including phenoxy) is 1. The lowest BCUT2D eigenvalue weighted by molar-refractivity contribution is -0.125. The average molecular weight is 249 g/mol. The molecule has 4 N–H and O–H groups in total. The van der Waals surface area contributed by atoms with Crippen molar-refractivity contribution >= 4 is 17.5 Å². The first kappa shape index (κ1) is 12.4. The maximum absolute atomic E-state index is 11.7. The molecule has 18 heavy (non-hydrogen) atoms. The summed E-state index contributed by atoms with van der Waals surface area (Å²) in [5, 5.41) is 2.70. The average Bonchev–Trinajstić information content (AvgIpc) is 2.36. The van der Waals surface area contributed by atoms with Gasteiger partial charge in [-0.05, 0) is 31.5 Å². The van der Waals surface area contributed by atoms with Crippen molar-refractivity contribution in [1.82, 2.24) is 5.43 Å². The molecule has 0 radical (unpaired) electrons. The van der Waals surface area contributed by atoms with Crippen LogP contribution in [0.1, 0.15) is 19.4 Å². The van der Waals surface area contributed by atoms with Crippen LogP contribution in [0.3, 0.4) is 0 Å². The predicted molar refractivity (Wildman–Crippen MR) is 65.9 cm³/mol. The number of benzene rings is 1. The van der Waals surface area contributed by atoms with E-state index in [0.717, 1.165) is 5.56 Å². The molecule has 1 heterocycles. The second kappa shape index (κ2) is 4.30. The Bertz CT molecular complexity index is 511. The Balaban J connectivity index is 2.39. The quantitative estimate of drug-likeness (QED) is 0.399. The normalized spacial score (nSPS) is 14.3. The van der Waals surface area contributed by atoms with E-state index >= 15 is 0 Å². The highest BCUT2D eigenvalue weighted by Crippen LogP contribution is 2.33. The molecule has 1 aliphatic rings. The lowest BCUT2D eigenvalue weighted by Gasteiger charge is -2.25. The van der Waals surface area contributed by atoms with Gasteiger partial charge in [-0.25, -0.2) is 5.84 Å². The lowest BCUT2D eigenvalue weighted by atomic mass is 9.83. The molecule has 0 fully saturated rings. The van der Waals surface area contributed by atoms with Gasteiger partial charge in [0.2, 0.25) is 5.91 Å². The number of nitrogens with two attached hydrogens (primary N) is 1. The van der Waals surface area contributed by atoms with E-state index in [2.05, 4.69) is 10.7 Å². The zero-order chi connectivity index (χ0) is 13.3. The third kappa shape index (κ3) is 2.02. The van der Waals surface area contributed by atoms with Gasteiger partial charge in [0.05, 0.1) is 11.1 Å². The number of fused-ring (bicyclic) bond motifs is 1. The minimum absolute atomic E-state index is 0.0129.